The zero-order chi connectivity index (χ0) is 17.8. The van der Waals surface area contributed by atoms with Gasteiger partial charge in [0.15, 0.2) is 5.13 Å². The van der Waals surface area contributed by atoms with Crippen molar-refractivity contribution in [2.24, 2.45) is 0 Å². The second-order valence-corrected chi connectivity index (χ2v) is 7.29. The van der Waals surface area contributed by atoms with Crippen molar-refractivity contribution in [2.45, 2.75) is 25.3 Å². The van der Waals surface area contributed by atoms with Crippen LogP contribution in [0.3, 0.4) is 0 Å². The van der Waals surface area contributed by atoms with Crippen LogP contribution in [0.2, 0.25) is 0 Å². The highest BCUT2D eigenvalue weighted by Gasteiger charge is 2.23. The van der Waals surface area contributed by atoms with Gasteiger partial charge in [0.1, 0.15) is 5.69 Å². The normalized spacial score (nSPS) is 17.9. The van der Waals surface area contributed by atoms with Gasteiger partial charge >= 0.3 is 0 Å². The van der Waals surface area contributed by atoms with E-state index in [1.807, 2.05) is 23.6 Å². The first-order chi connectivity index (χ1) is 12.8. The number of anilines is 1. The number of carbonyl (C=O) groups is 1. The molecule has 0 spiro atoms. The van der Waals surface area contributed by atoms with Gasteiger partial charge in [-0.3, -0.25) is 20.1 Å². The summed E-state index contributed by atoms with van der Waals surface area (Å²) in [5.41, 5.74) is 2.53. The highest BCUT2D eigenvalue weighted by molar-refractivity contribution is 7.13. The van der Waals surface area contributed by atoms with Gasteiger partial charge in [-0.05, 0) is 37.6 Å². The zero-order valence-corrected chi connectivity index (χ0v) is 15.1. The second kappa shape index (κ2) is 7.76. The third-order valence-electron chi connectivity index (χ3n) is 4.53. The SMILES string of the molecule is O=C(Nc1nccs1)c1cccc(C2CCCN(Cc3ccn[nH]3)C2)n1. The summed E-state index contributed by atoms with van der Waals surface area (Å²) in [5, 5.41) is 12.2. The van der Waals surface area contributed by atoms with Gasteiger partial charge in [0, 0.05) is 48.2 Å². The van der Waals surface area contributed by atoms with Crippen LogP contribution in [0.15, 0.2) is 42.0 Å². The molecule has 4 heterocycles. The predicted octanol–water partition coefficient (Wildman–Crippen LogP) is 2.89. The predicted molar refractivity (Wildman–Crippen MR) is 100 cm³/mol. The van der Waals surface area contributed by atoms with Crippen molar-refractivity contribution in [1.82, 2.24) is 25.1 Å². The summed E-state index contributed by atoms with van der Waals surface area (Å²) in [4.78, 5) is 23.5. The fourth-order valence-corrected chi connectivity index (χ4v) is 3.83. The molecule has 4 rings (SSSR count). The average molecular weight is 368 g/mol. The number of thiazole rings is 1. The molecule has 1 unspecified atom stereocenters. The number of carbonyl (C=O) groups excluding carboxylic acids is 1. The summed E-state index contributed by atoms with van der Waals surface area (Å²) < 4.78 is 0. The topological polar surface area (TPSA) is 86.8 Å². The Morgan fingerprint density at radius 2 is 2.31 bits per heavy atom. The number of pyridine rings is 1. The van der Waals surface area contributed by atoms with E-state index in [-0.39, 0.29) is 5.91 Å². The Bertz CT molecular complexity index is 848. The summed E-state index contributed by atoms with van der Waals surface area (Å²) in [6.45, 7) is 2.87. The quantitative estimate of drug-likeness (QED) is 0.723. The van der Waals surface area contributed by atoms with Crippen LogP contribution in [0.5, 0.6) is 0 Å². The monoisotopic (exact) mass is 368 g/mol. The standard InChI is InChI=1S/C18H20N6OS/c25-17(22-18-19-8-10-26-18)16-5-1-4-15(21-16)13-3-2-9-24(11-13)12-14-6-7-20-23-14/h1,4-8,10,13H,2-3,9,11-12H2,(H,20,23)(H,19,22,25). The third kappa shape index (κ3) is 3.97. The van der Waals surface area contributed by atoms with E-state index in [2.05, 4.69) is 30.4 Å². The molecular weight excluding hydrogens is 348 g/mol. The first kappa shape index (κ1) is 16.9. The molecule has 8 heteroatoms. The Balaban J connectivity index is 1.44. The van der Waals surface area contributed by atoms with E-state index < -0.39 is 0 Å². The molecule has 3 aromatic heterocycles. The molecule has 0 aliphatic carbocycles. The van der Waals surface area contributed by atoms with E-state index in [4.69, 9.17) is 0 Å². The third-order valence-corrected chi connectivity index (χ3v) is 5.22. The van der Waals surface area contributed by atoms with Crippen molar-refractivity contribution in [3.05, 3.63) is 59.1 Å². The molecule has 1 aliphatic heterocycles. The lowest BCUT2D eigenvalue weighted by Gasteiger charge is -2.32. The van der Waals surface area contributed by atoms with E-state index in [9.17, 15) is 4.79 Å². The van der Waals surface area contributed by atoms with Crippen LogP contribution in [-0.4, -0.2) is 44.1 Å². The van der Waals surface area contributed by atoms with Crippen molar-refractivity contribution in [1.29, 1.82) is 0 Å². The van der Waals surface area contributed by atoms with Crippen molar-refractivity contribution in [2.75, 3.05) is 18.4 Å². The van der Waals surface area contributed by atoms with E-state index in [1.54, 1.807) is 18.5 Å². The molecule has 0 radical (unpaired) electrons. The Hall–Kier alpha value is -2.58. The maximum atomic E-state index is 12.4. The number of hydrogen-bond acceptors (Lipinski definition) is 6. The molecule has 134 valence electrons. The van der Waals surface area contributed by atoms with Gasteiger partial charge in [0.25, 0.3) is 5.91 Å². The molecule has 1 saturated heterocycles. The second-order valence-electron chi connectivity index (χ2n) is 6.40. The van der Waals surface area contributed by atoms with Gasteiger partial charge in [-0.1, -0.05) is 6.07 Å². The molecular formula is C18H20N6OS. The largest absolute Gasteiger partial charge is 0.297 e. The Kier molecular flexibility index (Phi) is 5.03. The molecule has 3 aromatic rings. The molecule has 1 atom stereocenters. The molecule has 7 nitrogen and oxygen atoms in total. The van der Waals surface area contributed by atoms with Crippen LogP contribution in [0.1, 0.15) is 40.6 Å². The minimum atomic E-state index is -0.216. The molecule has 1 amide bonds. The van der Waals surface area contributed by atoms with Crippen LogP contribution < -0.4 is 5.32 Å². The van der Waals surface area contributed by atoms with Crippen molar-refractivity contribution in [3.8, 4) is 0 Å². The van der Waals surface area contributed by atoms with Crippen LogP contribution in [-0.2, 0) is 6.54 Å². The summed E-state index contributed by atoms with van der Waals surface area (Å²) in [7, 11) is 0. The minimum absolute atomic E-state index is 0.216. The lowest BCUT2D eigenvalue weighted by atomic mass is 9.94. The smallest absolute Gasteiger partial charge is 0.276 e. The number of nitrogens with zero attached hydrogens (tertiary/aromatic N) is 4. The van der Waals surface area contributed by atoms with Crippen molar-refractivity contribution in [3.63, 3.8) is 0 Å². The van der Waals surface area contributed by atoms with E-state index in [0.29, 0.717) is 16.7 Å². The van der Waals surface area contributed by atoms with Gasteiger partial charge in [0.2, 0.25) is 0 Å². The summed E-state index contributed by atoms with van der Waals surface area (Å²) in [5.74, 6) is 0.117. The number of H-pyrrole nitrogens is 1. The van der Waals surface area contributed by atoms with Gasteiger partial charge in [-0.15, -0.1) is 11.3 Å². The van der Waals surface area contributed by atoms with E-state index >= 15 is 0 Å². The van der Waals surface area contributed by atoms with Crippen LogP contribution in [0.4, 0.5) is 5.13 Å². The number of aromatic nitrogens is 4. The van der Waals surface area contributed by atoms with Gasteiger partial charge in [0.05, 0.1) is 0 Å². The average Bonchev–Trinajstić information content (AvgIpc) is 3.36. The van der Waals surface area contributed by atoms with E-state index in [0.717, 1.165) is 43.9 Å². The maximum Gasteiger partial charge on any atom is 0.276 e. The fourth-order valence-electron chi connectivity index (χ4n) is 3.31. The number of aromatic amines is 1. The minimum Gasteiger partial charge on any atom is -0.297 e. The molecule has 2 N–H and O–H groups in total. The Morgan fingerprint density at radius 1 is 1.35 bits per heavy atom. The van der Waals surface area contributed by atoms with Crippen molar-refractivity contribution >= 4 is 22.4 Å². The first-order valence-electron chi connectivity index (χ1n) is 8.66. The lowest BCUT2D eigenvalue weighted by Crippen LogP contribution is -2.34. The summed E-state index contributed by atoms with van der Waals surface area (Å²) in [6, 6.07) is 7.68. The molecule has 0 aromatic carbocycles. The summed E-state index contributed by atoms with van der Waals surface area (Å²) >= 11 is 1.39. The molecule has 0 bridgehead atoms. The first-order valence-corrected chi connectivity index (χ1v) is 9.54. The lowest BCUT2D eigenvalue weighted by molar-refractivity contribution is 0.102. The van der Waals surface area contributed by atoms with Crippen LogP contribution in [0.25, 0.3) is 0 Å². The van der Waals surface area contributed by atoms with Crippen molar-refractivity contribution < 1.29 is 4.79 Å². The van der Waals surface area contributed by atoms with Gasteiger partial charge in [-0.2, -0.15) is 5.10 Å². The molecule has 0 saturated carbocycles. The fraction of sp³-hybridized carbons (Fsp3) is 0.333. The maximum absolute atomic E-state index is 12.4. The van der Waals surface area contributed by atoms with E-state index in [1.165, 1.54) is 11.3 Å². The highest BCUT2D eigenvalue weighted by Crippen LogP contribution is 2.26. The number of rotatable bonds is 5. The Morgan fingerprint density at radius 3 is 3.12 bits per heavy atom. The van der Waals surface area contributed by atoms with Crippen LogP contribution in [0, 0.1) is 0 Å². The number of likely N-dealkylation sites (tertiary alicyclic amines) is 1. The molecule has 26 heavy (non-hydrogen) atoms. The molecule has 1 aliphatic rings. The Labute approximate surface area is 155 Å². The zero-order valence-electron chi connectivity index (χ0n) is 14.3. The van der Waals surface area contributed by atoms with Gasteiger partial charge in [-0.25, -0.2) is 9.97 Å². The number of hydrogen-bond donors (Lipinski definition) is 2. The number of amides is 1. The number of piperidine rings is 1. The summed E-state index contributed by atoms with van der Waals surface area (Å²) in [6.07, 6.45) is 5.66. The van der Waals surface area contributed by atoms with Crippen LogP contribution >= 0.6 is 11.3 Å². The highest BCUT2D eigenvalue weighted by atomic mass is 32.1. The molecule has 1 fully saturated rings. The number of nitrogens with one attached hydrogen (secondary N) is 2. The van der Waals surface area contributed by atoms with Gasteiger partial charge < -0.3 is 0 Å².